The number of rotatable bonds is 2. The molecule has 0 spiro atoms. The zero-order chi connectivity index (χ0) is 8.27. The lowest BCUT2D eigenvalue weighted by atomic mass is 10.2. The second-order valence-corrected chi connectivity index (χ2v) is 3.10. The van der Waals surface area contributed by atoms with E-state index in [1.165, 1.54) is 0 Å². The maximum absolute atomic E-state index is 10.8. The maximum atomic E-state index is 10.8. The van der Waals surface area contributed by atoms with Crippen molar-refractivity contribution in [2.75, 3.05) is 26.3 Å². The number of carbonyl (C=O) groups excluding carboxylic acids is 1. The number of ketones is 1. The molecule has 1 heterocycles. The van der Waals surface area contributed by atoms with E-state index in [0.29, 0.717) is 12.6 Å². The molecule has 1 fully saturated rings. The first-order valence-electron chi connectivity index (χ1n) is 4.01. The lowest BCUT2D eigenvalue weighted by Crippen LogP contribution is -2.45. The minimum absolute atomic E-state index is 0.235. The second-order valence-electron chi connectivity index (χ2n) is 3.10. The molecular formula is C8H15NO2. The van der Waals surface area contributed by atoms with Gasteiger partial charge in [0, 0.05) is 12.6 Å². The fourth-order valence-corrected chi connectivity index (χ4v) is 1.28. The average molecular weight is 157 g/mol. The van der Waals surface area contributed by atoms with Gasteiger partial charge in [0.25, 0.3) is 0 Å². The highest BCUT2D eigenvalue weighted by molar-refractivity contribution is 5.77. The van der Waals surface area contributed by atoms with Crippen LogP contribution >= 0.6 is 0 Å². The molecular weight excluding hydrogens is 142 g/mol. The zero-order valence-electron chi connectivity index (χ0n) is 7.17. The SMILES string of the molecule is CC(=O)CN1CCOC[C@@H]1C. The van der Waals surface area contributed by atoms with E-state index in [9.17, 15) is 4.79 Å². The Hall–Kier alpha value is -0.410. The van der Waals surface area contributed by atoms with Crippen LogP contribution in [-0.4, -0.2) is 43.0 Å². The van der Waals surface area contributed by atoms with Gasteiger partial charge in [0.15, 0.2) is 0 Å². The highest BCUT2D eigenvalue weighted by Gasteiger charge is 2.18. The Bertz CT molecular complexity index is 147. The highest BCUT2D eigenvalue weighted by atomic mass is 16.5. The van der Waals surface area contributed by atoms with Gasteiger partial charge in [-0.1, -0.05) is 0 Å². The summed E-state index contributed by atoms with van der Waals surface area (Å²) in [6.45, 7) is 6.69. The van der Waals surface area contributed by atoms with Crippen LogP contribution in [0.25, 0.3) is 0 Å². The molecule has 3 nitrogen and oxygen atoms in total. The average Bonchev–Trinajstić information content (AvgIpc) is 1.93. The van der Waals surface area contributed by atoms with E-state index < -0.39 is 0 Å². The van der Waals surface area contributed by atoms with E-state index in [-0.39, 0.29) is 5.78 Å². The van der Waals surface area contributed by atoms with Gasteiger partial charge in [-0.05, 0) is 13.8 Å². The predicted octanol–water partition coefficient (Wildman–Crippen LogP) is 0.296. The van der Waals surface area contributed by atoms with Crippen molar-refractivity contribution in [1.29, 1.82) is 0 Å². The minimum atomic E-state index is 0.235. The third-order valence-corrected chi connectivity index (χ3v) is 1.93. The molecule has 0 aliphatic carbocycles. The van der Waals surface area contributed by atoms with Gasteiger partial charge in [0.05, 0.1) is 19.8 Å². The van der Waals surface area contributed by atoms with Crippen LogP contribution in [0.5, 0.6) is 0 Å². The lowest BCUT2D eigenvalue weighted by molar-refractivity contribution is -0.120. The first kappa shape index (κ1) is 8.68. The van der Waals surface area contributed by atoms with Crippen molar-refractivity contribution in [3.8, 4) is 0 Å². The summed E-state index contributed by atoms with van der Waals surface area (Å²) in [5, 5.41) is 0. The Morgan fingerprint density at radius 2 is 2.45 bits per heavy atom. The summed E-state index contributed by atoms with van der Waals surface area (Å²) in [6.07, 6.45) is 0. The van der Waals surface area contributed by atoms with Crippen molar-refractivity contribution in [2.24, 2.45) is 0 Å². The third-order valence-electron chi connectivity index (χ3n) is 1.93. The Morgan fingerprint density at radius 3 is 3.00 bits per heavy atom. The number of hydrogen-bond acceptors (Lipinski definition) is 3. The van der Waals surface area contributed by atoms with Gasteiger partial charge >= 0.3 is 0 Å². The third kappa shape index (κ3) is 2.60. The van der Waals surface area contributed by atoms with Gasteiger partial charge in [-0.15, -0.1) is 0 Å². The normalized spacial score (nSPS) is 26.9. The van der Waals surface area contributed by atoms with Gasteiger partial charge in [0.1, 0.15) is 5.78 Å². The minimum Gasteiger partial charge on any atom is -0.379 e. The molecule has 1 atom stereocenters. The Kier molecular flexibility index (Phi) is 3.02. The fraction of sp³-hybridized carbons (Fsp3) is 0.875. The van der Waals surface area contributed by atoms with Crippen LogP contribution in [0.3, 0.4) is 0 Å². The topological polar surface area (TPSA) is 29.5 Å². The summed E-state index contributed by atoms with van der Waals surface area (Å²) in [5.74, 6) is 0.235. The first-order valence-corrected chi connectivity index (χ1v) is 4.01. The van der Waals surface area contributed by atoms with Gasteiger partial charge < -0.3 is 4.74 Å². The molecule has 0 aromatic rings. The van der Waals surface area contributed by atoms with E-state index in [4.69, 9.17) is 4.74 Å². The van der Waals surface area contributed by atoms with E-state index in [1.54, 1.807) is 6.92 Å². The summed E-state index contributed by atoms with van der Waals surface area (Å²) in [6, 6.07) is 0.396. The van der Waals surface area contributed by atoms with Crippen LogP contribution in [0.4, 0.5) is 0 Å². The largest absolute Gasteiger partial charge is 0.379 e. The number of nitrogens with zero attached hydrogens (tertiary/aromatic N) is 1. The van der Waals surface area contributed by atoms with Gasteiger partial charge in [-0.25, -0.2) is 0 Å². The van der Waals surface area contributed by atoms with E-state index in [1.807, 2.05) is 0 Å². The molecule has 0 N–H and O–H groups in total. The van der Waals surface area contributed by atoms with Crippen LogP contribution in [-0.2, 0) is 9.53 Å². The lowest BCUT2D eigenvalue weighted by Gasteiger charge is -2.32. The van der Waals surface area contributed by atoms with Crippen molar-refractivity contribution in [1.82, 2.24) is 4.90 Å². The number of ether oxygens (including phenoxy) is 1. The quantitative estimate of drug-likeness (QED) is 0.577. The molecule has 0 bridgehead atoms. The van der Waals surface area contributed by atoms with Crippen molar-refractivity contribution in [3.05, 3.63) is 0 Å². The molecule has 0 aromatic heterocycles. The first-order chi connectivity index (χ1) is 5.20. The number of hydrogen-bond donors (Lipinski definition) is 0. The van der Waals surface area contributed by atoms with Gasteiger partial charge in [0.2, 0.25) is 0 Å². The molecule has 0 saturated carbocycles. The molecule has 1 rings (SSSR count). The van der Waals surface area contributed by atoms with Crippen LogP contribution in [0.15, 0.2) is 0 Å². The van der Waals surface area contributed by atoms with Crippen LogP contribution in [0.2, 0.25) is 0 Å². The molecule has 1 aliphatic heterocycles. The van der Waals surface area contributed by atoms with E-state index >= 15 is 0 Å². The zero-order valence-corrected chi connectivity index (χ0v) is 7.17. The van der Waals surface area contributed by atoms with E-state index in [2.05, 4.69) is 11.8 Å². The molecule has 1 aliphatic rings. The Morgan fingerprint density at radius 1 is 1.73 bits per heavy atom. The molecule has 0 amide bonds. The standard InChI is InChI=1S/C8H15NO2/c1-7-6-11-4-3-9(7)5-8(2)10/h7H,3-6H2,1-2H3/t7-/m0/s1. The van der Waals surface area contributed by atoms with E-state index in [0.717, 1.165) is 19.8 Å². The number of morpholine rings is 1. The molecule has 0 unspecified atom stereocenters. The summed E-state index contributed by atoms with van der Waals surface area (Å²) in [7, 11) is 0. The van der Waals surface area contributed by atoms with Crippen LogP contribution in [0.1, 0.15) is 13.8 Å². The van der Waals surface area contributed by atoms with Gasteiger partial charge in [-0.3, -0.25) is 9.69 Å². The molecule has 0 aromatic carbocycles. The monoisotopic (exact) mass is 157 g/mol. The predicted molar refractivity (Wildman–Crippen MR) is 42.5 cm³/mol. The number of Topliss-reactive ketones (excluding diaryl/α,β-unsaturated/α-hetero) is 1. The summed E-state index contributed by atoms with van der Waals surface area (Å²) >= 11 is 0. The molecule has 3 heteroatoms. The molecule has 11 heavy (non-hydrogen) atoms. The highest BCUT2D eigenvalue weighted by Crippen LogP contribution is 2.04. The smallest absolute Gasteiger partial charge is 0.143 e. The molecule has 64 valence electrons. The van der Waals surface area contributed by atoms with Crippen molar-refractivity contribution in [2.45, 2.75) is 19.9 Å². The van der Waals surface area contributed by atoms with Crippen molar-refractivity contribution < 1.29 is 9.53 Å². The van der Waals surface area contributed by atoms with Crippen LogP contribution < -0.4 is 0 Å². The summed E-state index contributed by atoms with van der Waals surface area (Å²) in [4.78, 5) is 12.9. The molecule has 0 radical (unpaired) electrons. The van der Waals surface area contributed by atoms with Crippen molar-refractivity contribution >= 4 is 5.78 Å². The number of carbonyl (C=O) groups is 1. The fourth-order valence-electron chi connectivity index (χ4n) is 1.28. The van der Waals surface area contributed by atoms with Gasteiger partial charge in [-0.2, -0.15) is 0 Å². The Balaban J connectivity index is 2.35. The molecule has 1 saturated heterocycles. The maximum Gasteiger partial charge on any atom is 0.143 e. The van der Waals surface area contributed by atoms with Crippen LogP contribution in [0, 0.1) is 0 Å². The summed E-state index contributed by atoms with van der Waals surface area (Å²) < 4.78 is 5.24. The van der Waals surface area contributed by atoms with Crippen molar-refractivity contribution in [3.63, 3.8) is 0 Å². The summed E-state index contributed by atoms with van der Waals surface area (Å²) in [5.41, 5.74) is 0. The second kappa shape index (κ2) is 3.83. The Labute approximate surface area is 67.3 Å².